The third-order valence-corrected chi connectivity index (χ3v) is 6.08. The highest BCUT2D eigenvalue weighted by molar-refractivity contribution is 7.99. The van der Waals surface area contributed by atoms with E-state index in [4.69, 9.17) is 4.74 Å². The SMILES string of the molecule is COc1ccc(-c2nnc(SCC(=O)Nc3ccccc3N3CCCC3=O)n2C)cc1. The summed E-state index contributed by atoms with van der Waals surface area (Å²) < 4.78 is 7.05. The fraction of sp³-hybridized carbons (Fsp3) is 0.273. The van der Waals surface area contributed by atoms with Gasteiger partial charge in [-0.25, -0.2) is 0 Å². The van der Waals surface area contributed by atoms with Crippen molar-refractivity contribution >= 4 is 35.0 Å². The lowest BCUT2D eigenvalue weighted by atomic mass is 10.2. The van der Waals surface area contributed by atoms with Gasteiger partial charge in [-0.15, -0.1) is 10.2 Å². The topological polar surface area (TPSA) is 89.3 Å². The molecule has 0 unspecified atom stereocenters. The van der Waals surface area contributed by atoms with Crippen molar-refractivity contribution in [3.8, 4) is 17.1 Å². The molecule has 2 amide bonds. The zero-order chi connectivity index (χ0) is 21.8. The van der Waals surface area contributed by atoms with Crippen molar-refractivity contribution in [1.82, 2.24) is 14.8 Å². The monoisotopic (exact) mass is 437 g/mol. The first-order valence-electron chi connectivity index (χ1n) is 9.92. The molecule has 9 heteroatoms. The van der Waals surface area contributed by atoms with Crippen LogP contribution in [0.1, 0.15) is 12.8 Å². The molecule has 1 aliphatic rings. The third-order valence-electron chi connectivity index (χ3n) is 5.06. The lowest BCUT2D eigenvalue weighted by molar-refractivity contribution is -0.117. The molecule has 2 heterocycles. The number of amides is 2. The van der Waals surface area contributed by atoms with Crippen LogP contribution in [0.5, 0.6) is 5.75 Å². The highest BCUT2D eigenvalue weighted by Crippen LogP contribution is 2.30. The zero-order valence-corrected chi connectivity index (χ0v) is 18.2. The molecule has 4 rings (SSSR count). The Morgan fingerprint density at radius 2 is 1.94 bits per heavy atom. The van der Waals surface area contributed by atoms with Crippen LogP contribution in [0.4, 0.5) is 11.4 Å². The molecule has 3 aromatic rings. The van der Waals surface area contributed by atoms with Crippen molar-refractivity contribution in [2.75, 3.05) is 29.6 Å². The van der Waals surface area contributed by atoms with Gasteiger partial charge in [0.2, 0.25) is 11.8 Å². The third kappa shape index (κ3) is 4.56. The van der Waals surface area contributed by atoms with Crippen molar-refractivity contribution in [3.05, 3.63) is 48.5 Å². The minimum absolute atomic E-state index is 0.0845. The summed E-state index contributed by atoms with van der Waals surface area (Å²) in [7, 11) is 3.49. The summed E-state index contributed by atoms with van der Waals surface area (Å²) in [5.74, 6) is 1.58. The Morgan fingerprint density at radius 3 is 2.65 bits per heavy atom. The number of para-hydroxylation sites is 2. The number of carbonyl (C=O) groups excluding carboxylic acids is 2. The van der Waals surface area contributed by atoms with E-state index in [-0.39, 0.29) is 17.6 Å². The molecular formula is C22H23N5O3S. The first-order valence-corrected chi connectivity index (χ1v) is 10.9. The van der Waals surface area contributed by atoms with E-state index in [9.17, 15) is 9.59 Å². The minimum atomic E-state index is -0.168. The van der Waals surface area contributed by atoms with Gasteiger partial charge in [0.25, 0.3) is 0 Å². The minimum Gasteiger partial charge on any atom is -0.497 e. The molecule has 0 atom stereocenters. The molecule has 1 aliphatic heterocycles. The number of aromatic nitrogens is 3. The van der Waals surface area contributed by atoms with E-state index >= 15 is 0 Å². The Morgan fingerprint density at radius 1 is 1.16 bits per heavy atom. The van der Waals surface area contributed by atoms with Gasteiger partial charge in [0.05, 0.1) is 24.2 Å². The second-order valence-corrected chi connectivity index (χ2v) is 8.04. The van der Waals surface area contributed by atoms with E-state index in [0.29, 0.717) is 29.6 Å². The fourth-order valence-electron chi connectivity index (χ4n) is 3.47. The maximum atomic E-state index is 12.6. The summed E-state index contributed by atoms with van der Waals surface area (Å²) >= 11 is 1.31. The molecule has 1 saturated heterocycles. The van der Waals surface area contributed by atoms with Gasteiger partial charge in [0.15, 0.2) is 11.0 Å². The highest BCUT2D eigenvalue weighted by Gasteiger charge is 2.24. The smallest absolute Gasteiger partial charge is 0.234 e. The van der Waals surface area contributed by atoms with Crippen LogP contribution in [-0.2, 0) is 16.6 Å². The van der Waals surface area contributed by atoms with Crippen LogP contribution in [0.2, 0.25) is 0 Å². The zero-order valence-electron chi connectivity index (χ0n) is 17.4. The van der Waals surface area contributed by atoms with Gasteiger partial charge in [-0.2, -0.15) is 0 Å². The molecule has 2 aromatic carbocycles. The number of benzene rings is 2. The highest BCUT2D eigenvalue weighted by atomic mass is 32.2. The molecule has 0 bridgehead atoms. The summed E-state index contributed by atoms with van der Waals surface area (Å²) in [5, 5.41) is 12.0. The number of nitrogens with one attached hydrogen (secondary N) is 1. The Balaban J connectivity index is 1.41. The van der Waals surface area contributed by atoms with Gasteiger partial charge in [-0.3, -0.25) is 9.59 Å². The lowest BCUT2D eigenvalue weighted by Gasteiger charge is -2.19. The van der Waals surface area contributed by atoms with Crippen LogP contribution in [0.3, 0.4) is 0 Å². The molecule has 0 spiro atoms. The molecule has 160 valence electrons. The van der Waals surface area contributed by atoms with E-state index in [0.717, 1.165) is 23.4 Å². The second-order valence-electron chi connectivity index (χ2n) is 7.10. The van der Waals surface area contributed by atoms with Crippen molar-refractivity contribution in [2.45, 2.75) is 18.0 Å². The first kappa shape index (κ1) is 20.9. The molecule has 1 aromatic heterocycles. The Labute approximate surface area is 184 Å². The van der Waals surface area contributed by atoms with Crippen molar-refractivity contribution < 1.29 is 14.3 Å². The van der Waals surface area contributed by atoms with Gasteiger partial charge in [-0.1, -0.05) is 23.9 Å². The second kappa shape index (κ2) is 9.22. The van der Waals surface area contributed by atoms with E-state index in [1.54, 1.807) is 12.0 Å². The predicted molar refractivity (Wildman–Crippen MR) is 120 cm³/mol. The van der Waals surface area contributed by atoms with Crippen LogP contribution >= 0.6 is 11.8 Å². The normalized spacial score (nSPS) is 13.5. The molecule has 31 heavy (non-hydrogen) atoms. The molecule has 1 N–H and O–H groups in total. The van der Waals surface area contributed by atoms with Gasteiger partial charge in [0.1, 0.15) is 5.75 Å². The molecule has 0 saturated carbocycles. The standard InChI is InChI=1S/C22H23N5O3S/c1-26-21(15-9-11-16(30-2)12-10-15)24-25-22(26)31-14-19(28)23-17-6-3-4-7-18(17)27-13-5-8-20(27)29/h3-4,6-7,9-12H,5,8,13-14H2,1-2H3,(H,23,28). The maximum absolute atomic E-state index is 12.6. The van der Waals surface area contributed by atoms with E-state index in [1.165, 1.54) is 11.8 Å². The number of hydrogen-bond acceptors (Lipinski definition) is 6. The van der Waals surface area contributed by atoms with Crippen molar-refractivity contribution in [1.29, 1.82) is 0 Å². The quantitative estimate of drug-likeness (QED) is 0.570. The van der Waals surface area contributed by atoms with Crippen LogP contribution in [0.15, 0.2) is 53.7 Å². The van der Waals surface area contributed by atoms with Crippen LogP contribution in [0, 0.1) is 0 Å². The van der Waals surface area contributed by atoms with Crippen molar-refractivity contribution in [3.63, 3.8) is 0 Å². The summed E-state index contributed by atoms with van der Waals surface area (Å²) in [4.78, 5) is 26.4. The Hall–Kier alpha value is -3.33. The number of anilines is 2. The molecule has 1 fully saturated rings. The van der Waals surface area contributed by atoms with Crippen molar-refractivity contribution in [2.24, 2.45) is 7.05 Å². The number of nitrogens with zero attached hydrogens (tertiary/aromatic N) is 4. The number of ether oxygens (including phenoxy) is 1. The number of rotatable bonds is 7. The van der Waals surface area contributed by atoms with Gasteiger partial charge in [0, 0.05) is 25.6 Å². The van der Waals surface area contributed by atoms with Gasteiger partial charge >= 0.3 is 0 Å². The van der Waals surface area contributed by atoms with Gasteiger partial charge in [-0.05, 0) is 42.8 Å². The summed E-state index contributed by atoms with van der Waals surface area (Å²) in [6, 6.07) is 15.0. The predicted octanol–water partition coefficient (Wildman–Crippen LogP) is 3.35. The van der Waals surface area contributed by atoms with Crippen LogP contribution < -0.4 is 15.0 Å². The fourth-order valence-corrected chi connectivity index (χ4v) is 4.18. The lowest BCUT2D eigenvalue weighted by Crippen LogP contribution is -2.26. The summed E-state index contributed by atoms with van der Waals surface area (Å²) in [6.45, 7) is 0.674. The number of thioether (sulfide) groups is 1. The summed E-state index contributed by atoms with van der Waals surface area (Å²) in [5.41, 5.74) is 2.29. The summed E-state index contributed by atoms with van der Waals surface area (Å²) in [6.07, 6.45) is 1.38. The first-order chi connectivity index (χ1) is 15.1. The Kier molecular flexibility index (Phi) is 6.22. The maximum Gasteiger partial charge on any atom is 0.234 e. The number of methoxy groups -OCH3 is 1. The van der Waals surface area contributed by atoms with Crippen LogP contribution in [-0.4, -0.2) is 46.0 Å². The average Bonchev–Trinajstić information content (AvgIpc) is 3.38. The number of hydrogen-bond donors (Lipinski definition) is 1. The molecule has 8 nitrogen and oxygen atoms in total. The van der Waals surface area contributed by atoms with Crippen LogP contribution in [0.25, 0.3) is 11.4 Å². The molecule has 0 aliphatic carbocycles. The largest absolute Gasteiger partial charge is 0.497 e. The molecular weight excluding hydrogens is 414 g/mol. The van der Waals surface area contributed by atoms with E-state index < -0.39 is 0 Å². The Bertz CT molecular complexity index is 1100. The van der Waals surface area contributed by atoms with E-state index in [2.05, 4.69) is 15.5 Å². The van der Waals surface area contributed by atoms with Gasteiger partial charge < -0.3 is 19.5 Å². The average molecular weight is 438 g/mol. The van der Waals surface area contributed by atoms with E-state index in [1.807, 2.05) is 60.1 Å². The molecule has 0 radical (unpaired) electrons. The number of carbonyl (C=O) groups is 2.